The maximum absolute atomic E-state index is 11.8. The highest BCUT2D eigenvalue weighted by Gasteiger charge is 2.35. The summed E-state index contributed by atoms with van der Waals surface area (Å²) in [6.07, 6.45) is 0.381. The minimum Gasteiger partial charge on any atom is -0.497 e. The number of methoxy groups -OCH3 is 1. The molecule has 1 aromatic heterocycles. The summed E-state index contributed by atoms with van der Waals surface area (Å²) < 4.78 is 10.9. The number of nitrogens with zero attached hydrogens (tertiary/aromatic N) is 3. The van der Waals surface area contributed by atoms with E-state index in [2.05, 4.69) is 4.98 Å². The quantitative estimate of drug-likeness (QED) is 0.746. The summed E-state index contributed by atoms with van der Waals surface area (Å²) in [4.78, 5) is 19.5. The van der Waals surface area contributed by atoms with Crippen molar-refractivity contribution >= 4 is 17.0 Å². The van der Waals surface area contributed by atoms with E-state index >= 15 is 0 Å². The number of amides is 1. The van der Waals surface area contributed by atoms with E-state index in [-0.39, 0.29) is 12.6 Å². The molecule has 0 bridgehead atoms. The second-order valence-electron chi connectivity index (χ2n) is 8.57. The Bertz CT molecular complexity index is 883. The van der Waals surface area contributed by atoms with Gasteiger partial charge in [-0.05, 0) is 50.6 Å². The van der Waals surface area contributed by atoms with Crippen molar-refractivity contribution in [2.75, 3.05) is 33.4 Å². The first-order valence-corrected chi connectivity index (χ1v) is 10.1. The molecule has 0 saturated carbocycles. The molecule has 1 aliphatic heterocycles. The standard InChI is InChI=1S/C22H31N3O5/c1-22(2,3)25(21(27)28)13-16-14-30-10-9-24(16)20(26)11-15-7-8-23-19-6-5-17(29-4)12-18(15)19/h5-8,12,16,20,26H,9-11,13-14H2,1-4H3,(H,27,28). The second kappa shape index (κ2) is 9.16. The highest BCUT2D eigenvalue weighted by molar-refractivity contribution is 5.83. The van der Waals surface area contributed by atoms with E-state index in [0.29, 0.717) is 26.2 Å². The third-order valence-corrected chi connectivity index (χ3v) is 5.53. The van der Waals surface area contributed by atoms with Gasteiger partial charge in [0.05, 0.1) is 31.9 Å². The van der Waals surface area contributed by atoms with Crippen LogP contribution in [0.15, 0.2) is 30.5 Å². The molecule has 1 saturated heterocycles. The SMILES string of the molecule is COc1ccc2nccc(CC(O)N3CCOCC3CN(C(=O)O)C(C)(C)C)c2c1. The van der Waals surface area contributed by atoms with Crippen molar-refractivity contribution in [2.24, 2.45) is 0 Å². The normalized spacial score (nSPS) is 18.9. The molecule has 2 N–H and O–H groups in total. The lowest BCUT2D eigenvalue weighted by atomic mass is 10.0. The van der Waals surface area contributed by atoms with Crippen LogP contribution in [0, 0.1) is 0 Å². The van der Waals surface area contributed by atoms with Crippen LogP contribution in [-0.4, -0.2) is 82.3 Å². The Morgan fingerprint density at radius 3 is 2.83 bits per heavy atom. The van der Waals surface area contributed by atoms with Crippen molar-refractivity contribution in [1.29, 1.82) is 0 Å². The van der Waals surface area contributed by atoms with Crippen LogP contribution < -0.4 is 4.74 Å². The van der Waals surface area contributed by atoms with Gasteiger partial charge in [0.25, 0.3) is 0 Å². The van der Waals surface area contributed by atoms with Crippen molar-refractivity contribution in [3.05, 3.63) is 36.0 Å². The van der Waals surface area contributed by atoms with Gasteiger partial charge in [-0.3, -0.25) is 9.88 Å². The summed E-state index contributed by atoms with van der Waals surface area (Å²) in [5.41, 5.74) is 1.25. The van der Waals surface area contributed by atoms with E-state index in [1.165, 1.54) is 4.90 Å². The lowest BCUT2D eigenvalue weighted by Crippen LogP contribution is -2.59. The molecular formula is C22H31N3O5. The van der Waals surface area contributed by atoms with Gasteiger partial charge in [0.15, 0.2) is 0 Å². The maximum Gasteiger partial charge on any atom is 0.407 e. The number of benzene rings is 1. The summed E-state index contributed by atoms with van der Waals surface area (Å²) in [6, 6.07) is 7.36. The molecule has 1 aromatic carbocycles. The lowest BCUT2D eigenvalue weighted by molar-refractivity contribution is -0.102. The van der Waals surface area contributed by atoms with E-state index < -0.39 is 17.9 Å². The largest absolute Gasteiger partial charge is 0.497 e. The Balaban J connectivity index is 1.81. The average Bonchev–Trinajstić information content (AvgIpc) is 2.71. The van der Waals surface area contributed by atoms with E-state index in [1.807, 2.05) is 49.9 Å². The third kappa shape index (κ3) is 5.00. The van der Waals surface area contributed by atoms with Crippen LogP contribution in [0.25, 0.3) is 10.9 Å². The average molecular weight is 418 g/mol. The van der Waals surface area contributed by atoms with Gasteiger partial charge in [0.2, 0.25) is 0 Å². The number of aliphatic hydroxyl groups excluding tert-OH is 1. The van der Waals surface area contributed by atoms with E-state index in [9.17, 15) is 15.0 Å². The number of aromatic nitrogens is 1. The number of carbonyl (C=O) groups is 1. The molecule has 0 radical (unpaired) electrons. The molecule has 30 heavy (non-hydrogen) atoms. The zero-order valence-electron chi connectivity index (χ0n) is 18.0. The van der Waals surface area contributed by atoms with E-state index in [4.69, 9.17) is 9.47 Å². The molecule has 2 heterocycles. The van der Waals surface area contributed by atoms with Crippen LogP contribution in [0.4, 0.5) is 4.79 Å². The van der Waals surface area contributed by atoms with Crippen molar-refractivity contribution in [3.63, 3.8) is 0 Å². The number of fused-ring (bicyclic) bond motifs is 1. The number of hydrogen-bond acceptors (Lipinski definition) is 6. The zero-order valence-corrected chi connectivity index (χ0v) is 18.0. The van der Waals surface area contributed by atoms with E-state index in [0.717, 1.165) is 22.2 Å². The van der Waals surface area contributed by atoms with Gasteiger partial charge in [0, 0.05) is 36.6 Å². The molecule has 164 valence electrons. The van der Waals surface area contributed by atoms with Crippen LogP contribution >= 0.6 is 0 Å². The summed E-state index contributed by atoms with van der Waals surface area (Å²) in [5, 5.41) is 21.7. The molecule has 1 amide bonds. The van der Waals surface area contributed by atoms with Gasteiger partial charge >= 0.3 is 6.09 Å². The van der Waals surface area contributed by atoms with Gasteiger partial charge in [-0.25, -0.2) is 4.79 Å². The van der Waals surface area contributed by atoms with Gasteiger partial charge < -0.3 is 24.6 Å². The Hall–Kier alpha value is -2.42. The predicted octanol–water partition coefficient (Wildman–Crippen LogP) is 2.58. The van der Waals surface area contributed by atoms with Crippen LogP contribution in [0.2, 0.25) is 0 Å². The van der Waals surface area contributed by atoms with Crippen LogP contribution in [0.5, 0.6) is 5.75 Å². The summed E-state index contributed by atoms with van der Waals surface area (Å²) >= 11 is 0. The van der Waals surface area contributed by atoms with Crippen LogP contribution in [0.1, 0.15) is 26.3 Å². The fourth-order valence-electron chi connectivity index (χ4n) is 3.87. The second-order valence-corrected chi connectivity index (χ2v) is 8.57. The number of morpholine rings is 1. The minimum atomic E-state index is -0.977. The lowest BCUT2D eigenvalue weighted by Gasteiger charge is -2.43. The molecule has 8 nitrogen and oxygen atoms in total. The monoisotopic (exact) mass is 417 g/mol. The molecule has 1 aliphatic rings. The first-order valence-electron chi connectivity index (χ1n) is 10.1. The summed E-state index contributed by atoms with van der Waals surface area (Å²) in [5.74, 6) is 0.734. The molecule has 2 aromatic rings. The Kier molecular flexibility index (Phi) is 6.80. The van der Waals surface area contributed by atoms with Crippen molar-refractivity contribution in [1.82, 2.24) is 14.8 Å². The molecule has 3 rings (SSSR count). The maximum atomic E-state index is 11.8. The number of pyridine rings is 1. The van der Waals surface area contributed by atoms with Crippen molar-refractivity contribution in [3.8, 4) is 5.75 Å². The fourth-order valence-corrected chi connectivity index (χ4v) is 3.87. The summed E-state index contributed by atoms with van der Waals surface area (Å²) in [7, 11) is 1.62. The van der Waals surface area contributed by atoms with E-state index in [1.54, 1.807) is 13.3 Å². The molecule has 0 spiro atoms. The molecule has 0 aliphatic carbocycles. The number of hydrogen-bond donors (Lipinski definition) is 2. The molecule has 1 fully saturated rings. The number of aliphatic hydroxyl groups is 1. The minimum absolute atomic E-state index is 0.230. The number of ether oxygens (including phenoxy) is 2. The Labute approximate surface area is 177 Å². The van der Waals surface area contributed by atoms with Crippen LogP contribution in [0.3, 0.4) is 0 Å². The van der Waals surface area contributed by atoms with Crippen molar-refractivity contribution < 1.29 is 24.5 Å². The van der Waals surface area contributed by atoms with Gasteiger partial charge in [-0.1, -0.05) is 0 Å². The molecule has 2 unspecified atom stereocenters. The number of carboxylic acid groups (broad SMARTS) is 1. The highest BCUT2D eigenvalue weighted by Crippen LogP contribution is 2.25. The first-order chi connectivity index (χ1) is 14.2. The Morgan fingerprint density at radius 1 is 1.40 bits per heavy atom. The van der Waals surface area contributed by atoms with Gasteiger partial charge in [-0.15, -0.1) is 0 Å². The number of rotatable bonds is 6. The van der Waals surface area contributed by atoms with Crippen LogP contribution in [-0.2, 0) is 11.2 Å². The molecular weight excluding hydrogens is 386 g/mol. The predicted molar refractivity (Wildman–Crippen MR) is 114 cm³/mol. The highest BCUT2D eigenvalue weighted by atomic mass is 16.5. The third-order valence-electron chi connectivity index (χ3n) is 5.53. The fraction of sp³-hybridized carbons (Fsp3) is 0.545. The van der Waals surface area contributed by atoms with Gasteiger partial charge in [-0.2, -0.15) is 0 Å². The first kappa shape index (κ1) is 22.3. The smallest absolute Gasteiger partial charge is 0.407 e. The molecule has 2 atom stereocenters. The summed E-state index contributed by atoms with van der Waals surface area (Å²) in [6.45, 7) is 7.27. The molecule has 8 heteroatoms. The van der Waals surface area contributed by atoms with Gasteiger partial charge in [0.1, 0.15) is 12.0 Å². The Morgan fingerprint density at radius 2 is 2.17 bits per heavy atom. The topological polar surface area (TPSA) is 95.4 Å². The van der Waals surface area contributed by atoms with Crippen molar-refractivity contribution in [2.45, 2.75) is 45.0 Å². The zero-order chi connectivity index (χ0) is 21.9.